The molecular formula is C17H24N2S. The summed E-state index contributed by atoms with van der Waals surface area (Å²) in [4.78, 5) is 6.20. The lowest BCUT2D eigenvalue weighted by Crippen LogP contribution is -2.23. The van der Waals surface area contributed by atoms with Crippen molar-refractivity contribution in [2.24, 2.45) is 0 Å². The zero-order valence-corrected chi connectivity index (χ0v) is 13.7. The fourth-order valence-corrected chi connectivity index (χ4v) is 3.68. The second-order valence-electron chi connectivity index (χ2n) is 4.95. The molecule has 1 unspecified atom stereocenters. The van der Waals surface area contributed by atoms with Gasteiger partial charge >= 0.3 is 0 Å². The molecule has 0 radical (unpaired) electrons. The molecule has 0 aliphatic carbocycles. The van der Waals surface area contributed by atoms with Gasteiger partial charge < -0.3 is 5.32 Å². The zero-order chi connectivity index (χ0) is 14.5. The molecule has 1 atom stereocenters. The van der Waals surface area contributed by atoms with Crippen LogP contribution < -0.4 is 5.32 Å². The van der Waals surface area contributed by atoms with E-state index in [0.717, 1.165) is 19.4 Å². The van der Waals surface area contributed by atoms with Gasteiger partial charge in [0.25, 0.3) is 0 Å². The number of aromatic nitrogens is 1. The van der Waals surface area contributed by atoms with Crippen molar-refractivity contribution in [1.82, 2.24) is 10.3 Å². The van der Waals surface area contributed by atoms with Crippen molar-refractivity contribution >= 4 is 11.3 Å². The van der Waals surface area contributed by atoms with Crippen LogP contribution in [0.15, 0.2) is 24.3 Å². The third-order valence-electron chi connectivity index (χ3n) is 3.65. The van der Waals surface area contributed by atoms with Gasteiger partial charge in [-0.05, 0) is 37.4 Å². The van der Waals surface area contributed by atoms with Crippen molar-refractivity contribution in [3.8, 4) is 0 Å². The third-order valence-corrected chi connectivity index (χ3v) is 4.72. The van der Waals surface area contributed by atoms with Crippen molar-refractivity contribution in [2.45, 2.75) is 46.6 Å². The SMILES string of the molecule is CCNC(c1nc(CC)c(C)s1)c1ccccc1CC. The molecule has 2 aromatic rings. The maximum atomic E-state index is 4.86. The Morgan fingerprint density at radius 2 is 1.90 bits per heavy atom. The van der Waals surface area contributed by atoms with Gasteiger partial charge in [0.05, 0.1) is 11.7 Å². The van der Waals surface area contributed by atoms with E-state index in [1.807, 2.05) is 11.3 Å². The van der Waals surface area contributed by atoms with Crippen LogP contribution in [0.1, 0.15) is 53.5 Å². The normalized spacial score (nSPS) is 12.6. The molecule has 0 bridgehead atoms. The highest BCUT2D eigenvalue weighted by Gasteiger charge is 2.20. The maximum Gasteiger partial charge on any atom is 0.115 e. The van der Waals surface area contributed by atoms with E-state index in [1.165, 1.54) is 26.7 Å². The summed E-state index contributed by atoms with van der Waals surface area (Å²) in [5.41, 5.74) is 4.01. The van der Waals surface area contributed by atoms with Crippen LogP contribution in [-0.2, 0) is 12.8 Å². The summed E-state index contributed by atoms with van der Waals surface area (Å²) in [7, 11) is 0. The number of hydrogen-bond donors (Lipinski definition) is 1. The van der Waals surface area contributed by atoms with Gasteiger partial charge in [-0.2, -0.15) is 0 Å². The molecule has 0 fully saturated rings. The van der Waals surface area contributed by atoms with Crippen LogP contribution in [0, 0.1) is 6.92 Å². The molecule has 1 heterocycles. The molecule has 0 saturated carbocycles. The van der Waals surface area contributed by atoms with E-state index in [-0.39, 0.29) is 6.04 Å². The standard InChI is InChI=1S/C17H24N2S/c1-5-13-10-8-9-11-14(13)16(18-7-3)17-19-15(6-2)12(4)20-17/h8-11,16,18H,5-7H2,1-4H3. The molecule has 108 valence electrons. The maximum absolute atomic E-state index is 4.86. The number of benzene rings is 1. The molecule has 1 N–H and O–H groups in total. The van der Waals surface area contributed by atoms with Gasteiger partial charge in [-0.15, -0.1) is 11.3 Å². The molecule has 2 rings (SSSR count). The van der Waals surface area contributed by atoms with Crippen molar-refractivity contribution in [3.63, 3.8) is 0 Å². The molecule has 1 aromatic heterocycles. The predicted molar refractivity (Wildman–Crippen MR) is 87.6 cm³/mol. The number of rotatable bonds is 6. The smallest absolute Gasteiger partial charge is 0.115 e. The van der Waals surface area contributed by atoms with E-state index in [9.17, 15) is 0 Å². The number of hydrogen-bond acceptors (Lipinski definition) is 3. The van der Waals surface area contributed by atoms with Gasteiger partial charge in [0.2, 0.25) is 0 Å². The Morgan fingerprint density at radius 1 is 1.15 bits per heavy atom. The van der Waals surface area contributed by atoms with E-state index in [0.29, 0.717) is 0 Å². The first-order valence-electron chi connectivity index (χ1n) is 7.48. The Balaban J connectivity index is 2.44. The minimum absolute atomic E-state index is 0.222. The fourth-order valence-electron chi connectivity index (χ4n) is 2.57. The zero-order valence-electron chi connectivity index (χ0n) is 12.9. The average Bonchev–Trinajstić information content (AvgIpc) is 2.85. The van der Waals surface area contributed by atoms with Gasteiger partial charge in [0.15, 0.2) is 0 Å². The molecule has 0 amide bonds. The first-order chi connectivity index (χ1) is 9.71. The Kier molecular flexibility index (Phi) is 5.32. The summed E-state index contributed by atoms with van der Waals surface area (Å²) in [5, 5.41) is 4.80. The number of nitrogens with one attached hydrogen (secondary N) is 1. The summed E-state index contributed by atoms with van der Waals surface area (Å²) in [6.45, 7) is 9.67. The Hall–Kier alpha value is -1.19. The molecule has 0 saturated heterocycles. The third kappa shape index (κ3) is 3.10. The lowest BCUT2D eigenvalue weighted by molar-refractivity contribution is 0.620. The van der Waals surface area contributed by atoms with Crippen LogP contribution >= 0.6 is 11.3 Å². The van der Waals surface area contributed by atoms with Crippen LogP contribution in [0.2, 0.25) is 0 Å². The van der Waals surface area contributed by atoms with Gasteiger partial charge in [-0.1, -0.05) is 45.0 Å². The van der Waals surface area contributed by atoms with Crippen molar-refractivity contribution < 1.29 is 0 Å². The molecule has 1 aromatic carbocycles. The first kappa shape index (κ1) is 15.2. The van der Waals surface area contributed by atoms with E-state index in [2.05, 4.69) is 57.3 Å². The van der Waals surface area contributed by atoms with Crippen LogP contribution in [0.3, 0.4) is 0 Å². The predicted octanol–water partition coefficient (Wildman–Crippen LogP) is 4.28. The van der Waals surface area contributed by atoms with Gasteiger partial charge in [-0.25, -0.2) is 4.98 Å². The lowest BCUT2D eigenvalue weighted by atomic mass is 9.99. The molecule has 0 aliphatic heterocycles. The van der Waals surface area contributed by atoms with Crippen LogP contribution in [0.4, 0.5) is 0 Å². The van der Waals surface area contributed by atoms with E-state index >= 15 is 0 Å². The van der Waals surface area contributed by atoms with Crippen LogP contribution in [0.25, 0.3) is 0 Å². The van der Waals surface area contributed by atoms with Gasteiger partial charge in [0.1, 0.15) is 5.01 Å². The van der Waals surface area contributed by atoms with E-state index in [4.69, 9.17) is 4.98 Å². The van der Waals surface area contributed by atoms with Gasteiger partial charge in [0, 0.05) is 4.88 Å². The van der Waals surface area contributed by atoms with E-state index < -0.39 is 0 Å². The molecule has 0 aliphatic rings. The minimum atomic E-state index is 0.222. The monoisotopic (exact) mass is 288 g/mol. The second kappa shape index (κ2) is 7.00. The first-order valence-corrected chi connectivity index (χ1v) is 8.30. The molecule has 20 heavy (non-hydrogen) atoms. The topological polar surface area (TPSA) is 24.9 Å². The average molecular weight is 288 g/mol. The molecule has 2 nitrogen and oxygen atoms in total. The lowest BCUT2D eigenvalue weighted by Gasteiger charge is -2.19. The summed E-state index contributed by atoms with van der Waals surface area (Å²) in [6.07, 6.45) is 2.07. The second-order valence-corrected chi connectivity index (χ2v) is 6.19. The summed E-state index contributed by atoms with van der Waals surface area (Å²) in [5.74, 6) is 0. The van der Waals surface area contributed by atoms with Gasteiger partial charge in [-0.3, -0.25) is 0 Å². The highest BCUT2D eigenvalue weighted by molar-refractivity contribution is 7.11. The van der Waals surface area contributed by atoms with E-state index in [1.54, 1.807) is 0 Å². The minimum Gasteiger partial charge on any atom is -0.305 e. The highest BCUT2D eigenvalue weighted by Crippen LogP contribution is 2.30. The number of aryl methyl sites for hydroxylation is 3. The quantitative estimate of drug-likeness (QED) is 0.858. The fraction of sp³-hybridized carbons (Fsp3) is 0.471. The largest absolute Gasteiger partial charge is 0.305 e. The Morgan fingerprint density at radius 3 is 2.50 bits per heavy atom. The van der Waals surface area contributed by atoms with Crippen molar-refractivity contribution in [3.05, 3.63) is 51.0 Å². The highest BCUT2D eigenvalue weighted by atomic mass is 32.1. The van der Waals surface area contributed by atoms with Crippen LogP contribution in [0.5, 0.6) is 0 Å². The summed E-state index contributed by atoms with van der Waals surface area (Å²) in [6, 6.07) is 8.92. The van der Waals surface area contributed by atoms with Crippen molar-refractivity contribution in [1.29, 1.82) is 0 Å². The number of nitrogens with zero attached hydrogens (tertiary/aromatic N) is 1. The van der Waals surface area contributed by atoms with Crippen molar-refractivity contribution in [2.75, 3.05) is 6.54 Å². The molecular weight excluding hydrogens is 264 g/mol. The van der Waals surface area contributed by atoms with Crippen LogP contribution in [-0.4, -0.2) is 11.5 Å². The molecule has 0 spiro atoms. The number of thiazole rings is 1. The summed E-state index contributed by atoms with van der Waals surface area (Å²) >= 11 is 1.83. The Bertz CT molecular complexity index is 560. The summed E-state index contributed by atoms with van der Waals surface area (Å²) < 4.78 is 0. The Labute approximate surface area is 126 Å². The molecule has 3 heteroatoms.